The van der Waals surface area contributed by atoms with Crippen LogP contribution in [0, 0.1) is 0 Å². The molecule has 18 heavy (non-hydrogen) atoms. The van der Waals surface area contributed by atoms with Gasteiger partial charge in [0.2, 0.25) is 5.91 Å². The Morgan fingerprint density at radius 1 is 1.11 bits per heavy atom. The van der Waals surface area contributed by atoms with Crippen molar-refractivity contribution in [1.82, 2.24) is 15.5 Å². The molecule has 2 unspecified atom stereocenters. The molecule has 1 amide bonds. The summed E-state index contributed by atoms with van der Waals surface area (Å²) < 4.78 is 0. The molecule has 2 aliphatic heterocycles. The molecule has 1 saturated carbocycles. The van der Waals surface area contributed by atoms with E-state index in [0.29, 0.717) is 18.5 Å². The molecule has 1 aliphatic carbocycles. The van der Waals surface area contributed by atoms with Gasteiger partial charge in [0.05, 0.1) is 0 Å². The van der Waals surface area contributed by atoms with Crippen molar-refractivity contribution in [2.75, 3.05) is 19.6 Å². The maximum atomic E-state index is 11.8. The number of fused-ring (bicyclic) bond motifs is 1. The summed E-state index contributed by atoms with van der Waals surface area (Å²) in [6.45, 7) is 3.30. The molecule has 4 nitrogen and oxygen atoms in total. The monoisotopic (exact) mass is 251 g/mol. The lowest BCUT2D eigenvalue weighted by Crippen LogP contribution is -2.47. The molecule has 0 aromatic carbocycles. The first-order chi connectivity index (χ1) is 8.81. The summed E-state index contributed by atoms with van der Waals surface area (Å²) in [5.74, 6) is 0.236. The van der Waals surface area contributed by atoms with E-state index in [1.807, 2.05) is 0 Å². The fourth-order valence-electron chi connectivity index (χ4n) is 3.33. The molecule has 3 aliphatic rings. The molecule has 3 fully saturated rings. The molecule has 2 heterocycles. The van der Waals surface area contributed by atoms with Gasteiger partial charge in [0, 0.05) is 37.6 Å². The van der Waals surface area contributed by atoms with Gasteiger partial charge in [-0.1, -0.05) is 0 Å². The number of amides is 1. The van der Waals surface area contributed by atoms with Crippen molar-refractivity contribution in [2.24, 2.45) is 0 Å². The molecule has 3 rings (SSSR count). The Kier molecular flexibility index (Phi) is 3.85. The molecular weight excluding hydrogens is 226 g/mol. The lowest BCUT2D eigenvalue weighted by atomic mass is 9.97. The fraction of sp³-hybridized carbons (Fsp3) is 0.929. The minimum absolute atomic E-state index is 0.236. The SMILES string of the molecule is O=C(CCNC1CC1)NC1CCN2CCCC2C1. The number of hydrogen-bond donors (Lipinski definition) is 2. The van der Waals surface area contributed by atoms with E-state index in [9.17, 15) is 4.79 Å². The summed E-state index contributed by atoms with van der Waals surface area (Å²) in [5.41, 5.74) is 0. The summed E-state index contributed by atoms with van der Waals surface area (Å²) in [6, 6.07) is 1.88. The molecule has 0 aromatic rings. The minimum atomic E-state index is 0.236. The Morgan fingerprint density at radius 3 is 2.83 bits per heavy atom. The fourth-order valence-corrected chi connectivity index (χ4v) is 3.33. The van der Waals surface area contributed by atoms with E-state index in [-0.39, 0.29) is 5.91 Å². The second kappa shape index (κ2) is 5.57. The first kappa shape index (κ1) is 12.4. The van der Waals surface area contributed by atoms with Crippen LogP contribution in [-0.2, 0) is 4.79 Å². The second-order valence-electron chi connectivity index (χ2n) is 6.10. The van der Waals surface area contributed by atoms with Crippen LogP contribution in [-0.4, -0.2) is 48.6 Å². The van der Waals surface area contributed by atoms with Gasteiger partial charge in [-0.3, -0.25) is 4.79 Å². The number of hydrogen-bond acceptors (Lipinski definition) is 3. The van der Waals surface area contributed by atoms with Gasteiger partial charge >= 0.3 is 0 Å². The molecule has 2 saturated heterocycles. The predicted octanol–water partition coefficient (Wildman–Crippen LogP) is 0.872. The lowest BCUT2D eigenvalue weighted by molar-refractivity contribution is -0.122. The Hall–Kier alpha value is -0.610. The van der Waals surface area contributed by atoms with Crippen molar-refractivity contribution in [1.29, 1.82) is 0 Å². The molecule has 102 valence electrons. The van der Waals surface area contributed by atoms with Crippen LogP contribution >= 0.6 is 0 Å². The number of carbonyl (C=O) groups excluding carboxylic acids is 1. The summed E-state index contributed by atoms with van der Waals surface area (Å²) in [5, 5.41) is 6.61. The Labute approximate surface area is 109 Å². The summed E-state index contributed by atoms with van der Waals surface area (Å²) in [6.07, 6.45) is 8.21. The first-order valence-corrected chi connectivity index (χ1v) is 7.58. The summed E-state index contributed by atoms with van der Waals surface area (Å²) >= 11 is 0. The van der Waals surface area contributed by atoms with Gasteiger partial charge in [0.15, 0.2) is 0 Å². The molecule has 0 bridgehead atoms. The van der Waals surface area contributed by atoms with Crippen molar-refractivity contribution in [3.05, 3.63) is 0 Å². The number of nitrogens with one attached hydrogen (secondary N) is 2. The van der Waals surface area contributed by atoms with E-state index in [1.54, 1.807) is 0 Å². The summed E-state index contributed by atoms with van der Waals surface area (Å²) in [7, 11) is 0. The third-order valence-electron chi connectivity index (χ3n) is 4.55. The van der Waals surface area contributed by atoms with Crippen LogP contribution in [0.2, 0.25) is 0 Å². The summed E-state index contributed by atoms with van der Waals surface area (Å²) in [4.78, 5) is 14.4. The van der Waals surface area contributed by atoms with Crippen LogP contribution in [0.25, 0.3) is 0 Å². The largest absolute Gasteiger partial charge is 0.353 e. The highest BCUT2D eigenvalue weighted by Gasteiger charge is 2.32. The number of nitrogens with zero attached hydrogens (tertiary/aromatic N) is 1. The van der Waals surface area contributed by atoms with Gasteiger partial charge in [-0.2, -0.15) is 0 Å². The van der Waals surface area contributed by atoms with Gasteiger partial charge in [-0.05, 0) is 45.1 Å². The highest BCUT2D eigenvalue weighted by atomic mass is 16.1. The van der Waals surface area contributed by atoms with Gasteiger partial charge in [-0.25, -0.2) is 0 Å². The zero-order chi connectivity index (χ0) is 12.4. The third kappa shape index (κ3) is 3.23. The predicted molar refractivity (Wildman–Crippen MR) is 71.4 cm³/mol. The van der Waals surface area contributed by atoms with Crippen molar-refractivity contribution in [3.8, 4) is 0 Å². The molecule has 2 atom stereocenters. The number of piperidine rings is 1. The number of rotatable bonds is 5. The van der Waals surface area contributed by atoms with Gasteiger partial charge < -0.3 is 15.5 Å². The highest BCUT2D eigenvalue weighted by Crippen LogP contribution is 2.26. The van der Waals surface area contributed by atoms with E-state index in [0.717, 1.165) is 19.0 Å². The van der Waals surface area contributed by atoms with Crippen LogP contribution in [0.1, 0.15) is 44.9 Å². The average molecular weight is 251 g/mol. The highest BCUT2D eigenvalue weighted by molar-refractivity contribution is 5.76. The van der Waals surface area contributed by atoms with Crippen molar-refractivity contribution in [2.45, 2.75) is 63.1 Å². The van der Waals surface area contributed by atoms with Gasteiger partial charge in [0.1, 0.15) is 0 Å². The van der Waals surface area contributed by atoms with Crippen LogP contribution in [0.15, 0.2) is 0 Å². The zero-order valence-electron chi connectivity index (χ0n) is 11.2. The van der Waals surface area contributed by atoms with Gasteiger partial charge in [-0.15, -0.1) is 0 Å². The molecular formula is C14H25N3O. The molecule has 0 aromatic heterocycles. The van der Waals surface area contributed by atoms with Crippen molar-refractivity contribution < 1.29 is 4.79 Å². The van der Waals surface area contributed by atoms with E-state index in [1.165, 1.54) is 45.2 Å². The molecule has 0 spiro atoms. The van der Waals surface area contributed by atoms with Gasteiger partial charge in [0.25, 0.3) is 0 Å². The van der Waals surface area contributed by atoms with E-state index in [4.69, 9.17) is 0 Å². The van der Waals surface area contributed by atoms with Crippen LogP contribution in [0.4, 0.5) is 0 Å². The Balaban J connectivity index is 1.35. The van der Waals surface area contributed by atoms with E-state index < -0.39 is 0 Å². The Morgan fingerprint density at radius 2 is 2.00 bits per heavy atom. The second-order valence-corrected chi connectivity index (χ2v) is 6.10. The number of carbonyl (C=O) groups is 1. The quantitative estimate of drug-likeness (QED) is 0.762. The Bertz CT molecular complexity index is 303. The minimum Gasteiger partial charge on any atom is -0.353 e. The topological polar surface area (TPSA) is 44.4 Å². The molecule has 4 heteroatoms. The smallest absolute Gasteiger partial charge is 0.221 e. The normalized spacial score (nSPS) is 32.2. The zero-order valence-corrected chi connectivity index (χ0v) is 11.2. The standard InChI is InChI=1S/C14H25N3O/c18-14(5-7-15-11-3-4-11)16-12-6-9-17-8-1-2-13(17)10-12/h11-13,15H,1-10H2,(H,16,18). The average Bonchev–Trinajstić information content (AvgIpc) is 3.06. The third-order valence-corrected chi connectivity index (χ3v) is 4.55. The molecule has 2 N–H and O–H groups in total. The maximum Gasteiger partial charge on any atom is 0.221 e. The lowest BCUT2D eigenvalue weighted by Gasteiger charge is -2.35. The van der Waals surface area contributed by atoms with Crippen LogP contribution in [0.3, 0.4) is 0 Å². The molecule has 0 radical (unpaired) electrons. The van der Waals surface area contributed by atoms with Crippen molar-refractivity contribution >= 4 is 5.91 Å². The first-order valence-electron chi connectivity index (χ1n) is 7.58. The van der Waals surface area contributed by atoms with E-state index >= 15 is 0 Å². The van der Waals surface area contributed by atoms with Crippen LogP contribution in [0.5, 0.6) is 0 Å². The maximum absolute atomic E-state index is 11.8. The van der Waals surface area contributed by atoms with Crippen molar-refractivity contribution in [3.63, 3.8) is 0 Å². The van der Waals surface area contributed by atoms with Crippen LogP contribution < -0.4 is 10.6 Å². The van der Waals surface area contributed by atoms with E-state index in [2.05, 4.69) is 15.5 Å².